The van der Waals surface area contributed by atoms with E-state index in [1.54, 1.807) is 17.0 Å². The molecule has 0 unspecified atom stereocenters. The highest BCUT2D eigenvalue weighted by atomic mass is 79.9. The lowest BCUT2D eigenvalue weighted by Crippen LogP contribution is -2.30. The molecule has 1 N–H and O–H groups in total. The normalized spacial score (nSPS) is 16.1. The summed E-state index contributed by atoms with van der Waals surface area (Å²) in [5.74, 6) is 0.557. The monoisotopic (exact) mass is 475 g/mol. The van der Waals surface area contributed by atoms with Crippen molar-refractivity contribution in [2.24, 2.45) is 11.0 Å². The maximum absolute atomic E-state index is 12.5. The standard InChI is InChI=1S/C21H22BrN3O5/c1-28-17-8-13(9-18(29-2)20(17)30-3)11-23-24-21(27)14-10-19(26)25(12-14)16-6-4-15(22)5-7-16/h4-9,11,14H,10,12H2,1-3H3,(H,24,27)/t14-/m0/s1. The zero-order chi connectivity index (χ0) is 21.7. The van der Waals surface area contributed by atoms with Gasteiger partial charge in [-0.25, -0.2) is 5.43 Å². The van der Waals surface area contributed by atoms with Crippen molar-refractivity contribution in [3.63, 3.8) is 0 Å². The van der Waals surface area contributed by atoms with Gasteiger partial charge in [0.15, 0.2) is 11.5 Å². The Morgan fingerprint density at radius 3 is 2.33 bits per heavy atom. The molecule has 30 heavy (non-hydrogen) atoms. The summed E-state index contributed by atoms with van der Waals surface area (Å²) in [5, 5.41) is 4.01. The van der Waals surface area contributed by atoms with Crippen molar-refractivity contribution in [2.45, 2.75) is 6.42 Å². The zero-order valence-corrected chi connectivity index (χ0v) is 18.4. The molecule has 2 aromatic carbocycles. The third-order valence-electron chi connectivity index (χ3n) is 4.71. The first kappa shape index (κ1) is 21.6. The topological polar surface area (TPSA) is 89.5 Å². The fourth-order valence-corrected chi connectivity index (χ4v) is 3.46. The minimum absolute atomic E-state index is 0.0916. The van der Waals surface area contributed by atoms with Gasteiger partial charge in [0.05, 0.1) is 33.5 Å². The van der Waals surface area contributed by atoms with Crippen LogP contribution in [-0.4, -0.2) is 45.9 Å². The van der Waals surface area contributed by atoms with Gasteiger partial charge in [-0.1, -0.05) is 15.9 Å². The molecule has 0 saturated carbocycles. The first-order chi connectivity index (χ1) is 14.5. The average Bonchev–Trinajstić information content (AvgIpc) is 3.15. The number of methoxy groups -OCH3 is 3. The molecule has 1 aliphatic rings. The summed E-state index contributed by atoms with van der Waals surface area (Å²) in [6.07, 6.45) is 1.62. The Morgan fingerprint density at radius 2 is 1.77 bits per heavy atom. The molecule has 0 bridgehead atoms. The molecule has 1 aliphatic heterocycles. The third-order valence-corrected chi connectivity index (χ3v) is 5.24. The SMILES string of the molecule is COc1cc(C=NNC(=O)[C@H]2CC(=O)N(c3ccc(Br)cc3)C2)cc(OC)c1OC. The molecule has 0 aliphatic carbocycles. The summed E-state index contributed by atoms with van der Waals surface area (Å²) < 4.78 is 16.8. The van der Waals surface area contributed by atoms with Crippen LogP contribution < -0.4 is 24.5 Å². The number of rotatable bonds is 7. The maximum atomic E-state index is 12.5. The Kier molecular flexibility index (Phi) is 6.94. The molecule has 8 nitrogen and oxygen atoms in total. The van der Waals surface area contributed by atoms with E-state index in [4.69, 9.17) is 14.2 Å². The molecule has 1 atom stereocenters. The molecule has 3 rings (SSSR count). The van der Waals surface area contributed by atoms with E-state index in [1.165, 1.54) is 27.5 Å². The molecule has 2 aromatic rings. The van der Waals surface area contributed by atoms with Crippen LogP contribution in [0.3, 0.4) is 0 Å². The second-order valence-electron chi connectivity index (χ2n) is 6.57. The molecule has 1 fully saturated rings. The minimum Gasteiger partial charge on any atom is -0.493 e. The summed E-state index contributed by atoms with van der Waals surface area (Å²) in [4.78, 5) is 26.4. The second-order valence-corrected chi connectivity index (χ2v) is 7.49. The number of hydrogen-bond donors (Lipinski definition) is 1. The van der Waals surface area contributed by atoms with E-state index in [0.717, 1.165) is 10.2 Å². The fourth-order valence-electron chi connectivity index (χ4n) is 3.19. The number of anilines is 1. The van der Waals surface area contributed by atoms with E-state index in [9.17, 15) is 9.59 Å². The number of nitrogens with zero attached hydrogens (tertiary/aromatic N) is 2. The average molecular weight is 476 g/mol. The quantitative estimate of drug-likeness (QED) is 0.491. The van der Waals surface area contributed by atoms with Crippen molar-refractivity contribution in [3.05, 3.63) is 46.4 Å². The number of halogens is 1. The Balaban J connectivity index is 1.65. The van der Waals surface area contributed by atoms with Gasteiger partial charge in [-0.2, -0.15) is 5.10 Å². The molecule has 9 heteroatoms. The summed E-state index contributed by atoms with van der Waals surface area (Å²) >= 11 is 3.37. The van der Waals surface area contributed by atoms with Crippen LogP contribution in [0, 0.1) is 5.92 Å². The van der Waals surface area contributed by atoms with Crippen molar-refractivity contribution in [1.29, 1.82) is 0 Å². The first-order valence-corrected chi connectivity index (χ1v) is 9.95. The van der Waals surface area contributed by atoms with Gasteiger partial charge in [0.2, 0.25) is 17.6 Å². The maximum Gasteiger partial charge on any atom is 0.245 e. The lowest BCUT2D eigenvalue weighted by atomic mass is 10.1. The summed E-state index contributed by atoms with van der Waals surface area (Å²) in [7, 11) is 4.57. The van der Waals surface area contributed by atoms with Gasteiger partial charge in [-0.05, 0) is 36.4 Å². The summed E-state index contributed by atoms with van der Waals surface area (Å²) in [5.41, 5.74) is 3.93. The van der Waals surface area contributed by atoms with Gasteiger partial charge in [0, 0.05) is 28.7 Å². The van der Waals surface area contributed by atoms with Gasteiger partial charge in [-0.3, -0.25) is 9.59 Å². The summed E-state index contributed by atoms with van der Waals surface area (Å²) in [6, 6.07) is 10.8. The molecule has 0 spiro atoms. The van der Waals surface area contributed by atoms with Crippen LogP contribution in [0.1, 0.15) is 12.0 Å². The van der Waals surface area contributed by atoms with Crippen LogP contribution in [0.5, 0.6) is 17.2 Å². The van der Waals surface area contributed by atoms with E-state index in [1.807, 2.05) is 24.3 Å². The lowest BCUT2D eigenvalue weighted by molar-refractivity contribution is -0.126. The first-order valence-electron chi connectivity index (χ1n) is 9.15. The minimum atomic E-state index is -0.474. The number of carbonyl (C=O) groups is 2. The van der Waals surface area contributed by atoms with Crippen molar-refractivity contribution in [1.82, 2.24) is 5.43 Å². The molecule has 1 saturated heterocycles. The van der Waals surface area contributed by atoms with Crippen LogP contribution in [0.4, 0.5) is 5.69 Å². The third kappa shape index (κ3) is 4.73. The highest BCUT2D eigenvalue weighted by Crippen LogP contribution is 2.37. The number of carbonyl (C=O) groups excluding carboxylic acids is 2. The highest BCUT2D eigenvalue weighted by molar-refractivity contribution is 9.10. The number of hydrogen-bond acceptors (Lipinski definition) is 6. The highest BCUT2D eigenvalue weighted by Gasteiger charge is 2.35. The van der Waals surface area contributed by atoms with Gasteiger partial charge >= 0.3 is 0 Å². The number of hydrazone groups is 1. The molecule has 2 amide bonds. The molecule has 158 valence electrons. The van der Waals surface area contributed by atoms with Crippen molar-refractivity contribution < 1.29 is 23.8 Å². The number of benzene rings is 2. The second kappa shape index (κ2) is 9.62. The Hall–Kier alpha value is -3.07. The molecule has 0 aromatic heterocycles. The number of ether oxygens (including phenoxy) is 3. The lowest BCUT2D eigenvalue weighted by Gasteiger charge is -2.16. The van der Waals surface area contributed by atoms with Gasteiger partial charge in [-0.15, -0.1) is 0 Å². The Bertz CT molecular complexity index is 937. The molecule has 0 radical (unpaired) electrons. The smallest absolute Gasteiger partial charge is 0.245 e. The molecule has 1 heterocycles. The Labute approximate surface area is 182 Å². The largest absolute Gasteiger partial charge is 0.493 e. The molecular formula is C21H22BrN3O5. The predicted molar refractivity (Wildman–Crippen MR) is 116 cm³/mol. The Morgan fingerprint density at radius 1 is 1.13 bits per heavy atom. The number of nitrogens with one attached hydrogen (secondary N) is 1. The number of amides is 2. The van der Waals surface area contributed by atoms with E-state index >= 15 is 0 Å². The van der Waals surface area contributed by atoms with Crippen molar-refractivity contribution >= 4 is 39.6 Å². The van der Waals surface area contributed by atoms with Crippen LogP contribution in [0.2, 0.25) is 0 Å². The predicted octanol–water partition coefficient (Wildman–Crippen LogP) is 2.98. The van der Waals surface area contributed by atoms with Gasteiger partial charge < -0.3 is 19.1 Å². The van der Waals surface area contributed by atoms with Gasteiger partial charge in [0.1, 0.15) is 0 Å². The van der Waals surface area contributed by atoms with Crippen LogP contribution >= 0.6 is 15.9 Å². The summed E-state index contributed by atoms with van der Waals surface area (Å²) in [6.45, 7) is 0.312. The van der Waals surface area contributed by atoms with Crippen molar-refractivity contribution in [2.75, 3.05) is 32.8 Å². The van der Waals surface area contributed by atoms with E-state index < -0.39 is 5.92 Å². The van der Waals surface area contributed by atoms with Crippen molar-refractivity contribution in [3.8, 4) is 17.2 Å². The molecular weight excluding hydrogens is 454 g/mol. The van der Waals surface area contributed by atoms with E-state index in [-0.39, 0.29) is 18.2 Å². The van der Waals surface area contributed by atoms with Crippen LogP contribution in [0.25, 0.3) is 0 Å². The van der Waals surface area contributed by atoms with E-state index in [2.05, 4.69) is 26.5 Å². The van der Waals surface area contributed by atoms with Crippen LogP contribution in [0.15, 0.2) is 46.0 Å². The van der Waals surface area contributed by atoms with Crippen LogP contribution in [-0.2, 0) is 9.59 Å². The zero-order valence-electron chi connectivity index (χ0n) is 16.8. The van der Waals surface area contributed by atoms with E-state index in [0.29, 0.717) is 29.4 Å². The fraction of sp³-hybridized carbons (Fsp3) is 0.286. The van der Waals surface area contributed by atoms with Gasteiger partial charge in [0.25, 0.3) is 0 Å².